The zero-order chi connectivity index (χ0) is 24.9. The van der Waals surface area contributed by atoms with Crippen LogP contribution >= 0.6 is 11.3 Å². The SMILES string of the molecule is CC(C)c1cnc(N=C2CC(C=Cc3cccc(F)c3)N=C(N3CCN(C4CC=NCC4)CC3)N2)s1. The maximum absolute atomic E-state index is 13.7. The van der Waals surface area contributed by atoms with E-state index < -0.39 is 0 Å². The molecule has 2 atom stereocenters. The smallest absolute Gasteiger partial charge is 0.210 e. The lowest BCUT2D eigenvalue weighted by Gasteiger charge is -2.41. The van der Waals surface area contributed by atoms with Gasteiger partial charge in [0.15, 0.2) is 5.96 Å². The molecular formula is C27H34FN7S. The lowest BCUT2D eigenvalue weighted by Crippen LogP contribution is -2.57. The molecule has 1 fully saturated rings. The third kappa shape index (κ3) is 6.25. The van der Waals surface area contributed by atoms with Crippen LogP contribution in [0.5, 0.6) is 0 Å². The van der Waals surface area contributed by atoms with Gasteiger partial charge in [0.05, 0.1) is 6.04 Å². The molecule has 7 nitrogen and oxygen atoms in total. The number of aliphatic imine (C=N–C) groups is 3. The summed E-state index contributed by atoms with van der Waals surface area (Å²) < 4.78 is 13.7. The first-order chi connectivity index (χ1) is 17.5. The van der Waals surface area contributed by atoms with Crippen molar-refractivity contribution in [3.8, 4) is 0 Å². The van der Waals surface area contributed by atoms with Crippen molar-refractivity contribution in [2.45, 2.75) is 51.1 Å². The van der Waals surface area contributed by atoms with Crippen LogP contribution in [0.1, 0.15) is 49.5 Å². The van der Waals surface area contributed by atoms with Gasteiger partial charge in [0.2, 0.25) is 5.13 Å². The summed E-state index contributed by atoms with van der Waals surface area (Å²) in [6, 6.07) is 7.15. The fraction of sp³-hybridized carbons (Fsp3) is 0.481. The number of aromatic nitrogens is 1. The molecule has 1 saturated heterocycles. The fourth-order valence-electron chi connectivity index (χ4n) is 4.76. The lowest BCUT2D eigenvalue weighted by atomic mass is 10.1. The number of rotatable bonds is 5. The molecule has 0 spiro atoms. The summed E-state index contributed by atoms with van der Waals surface area (Å²) in [4.78, 5) is 24.9. The molecular weight excluding hydrogens is 473 g/mol. The van der Waals surface area contributed by atoms with E-state index in [1.165, 1.54) is 17.0 Å². The van der Waals surface area contributed by atoms with Crippen LogP contribution in [0, 0.1) is 5.82 Å². The minimum Gasteiger partial charge on any atom is -0.340 e. The highest BCUT2D eigenvalue weighted by Gasteiger charge is 2.28. The van der Waals surface area contributed by atoms with Crippen molar-refractivity contribution < 1.29 is 4.39 Å². The Morgan fingerprint density at radius 3 is 2.81 bits per heavy atom. The number of guanidine groups is 1. The molecule has 190 valence electrons. The zero-order valence-electron chi connectivity index (χ0n) is 21.0. The normalized spacial score (nSPS) is 24.5. The number of hydrogen-bond donors (Lipinski definition) is 1. The average molecular weight is 508 g/mol. The van der Waals surface area contributed by atoms with Crippen LogP contribution in [0.4, 0.5) is 9.52 Å². The molecule has 3 aliphatic heterocycles. The number of halogens is 1. The molecule has 5 rings (SSSR count). The standard InChI is InChI=1S/C27H34FN7S/c1-19(2)24-18-30-27(36-24)33-25-17-22(7-6-20-4-3-5-21(28)16-20)31-26(32-25)35-14-12-34(13-15-35)23-8-10-29-11-9-23/h3-7,10,16,18-19,22-23H,8-9,11-15,17H2,1-2H3,(H,30,31,32,33). The van der Waals surface area contributed by atoms with E-state index in [2.05, 4.69) is 45.2 Å². The van der Waals surface area contributed by atoms with Crippen molar-refractivity contribution in [2.24, 2.45) is 15.0 Å². The van der Waals surface area contributed by atoms with Crippen LogP contribution in [0.3, 0.4) is 0 Å². The van der Waals surface area contributed by atoms with Gasteiger partial charge >= 0.3 is 0 Å². The third-order valence-corrected chi connectivity index (χ3v) is 8.04. The summed E-state index contributed by atoms with van der Waals surface area (Å²) in [5, 5.41) is 4.26. The van der Waals surface area contributed by atoms with Gasteiger partial charge < -0.3 is 10.2 Å². The van der Waals surface area contributed by atoms with Crippen LogP contribution in [0.15, 0.2) is 51.5 Å². The third-order valence-electron chi connectivity index (χ3n) is 6.85. The van der Waals surface area contributed by atoms with Crippen LogP contribution < -0.4 is 5.32 Å². The van der Waals surface area contributed by atoms with Crippen molar-refractivity contribution in [3.05, 3.63) is 52.8 Å². The molecule has 0 amide bonds. The zero-order valence-corrected chi connectivity index (χ0v) is 21.8. The Labute approximate surface area is 216 Å². The highest BCUT2D eigenvalue weighted by Crippen LogP contribution is 2.28. The second-order valence-corrected chi connectivity index (χ2v) is 10.9. The Balaban J connectivity index is 1.33. The van der Waals surface area contributed by atoms with Gasteiger partial charge in [-0.05, 0) is 36.5 Å². The quantitative estimate of drug-likeness (QED) is 0.636. The molecule has 1 N–H and O–H groups in total. The molecule has 2 aromatic rings. The largest absolute Gasteiger partial charge is 0.340 e. The topological polar surface area (TPSA) is 68.5 Å². The molecule has 9 heteroatoms. The van der Waals surface area contributed by atoms with Crippen molar-refractivity contribution >= 4 is 40.6 Å². The van der Waals surface area contributed by atoms with Crippen LogP contribution in [-0.2, 0) is 0 Å². The summed E-state index contributed by atoms with van der Waals surface area (Å²) >= 11 is 1.63. The predicted molar refractivity (Wildman–Crippen MR) is 147 cm³/mol. The molecule has 0 bridgehead atoms. The van der Waals surface area contributed by atoms with Crippen molar-refractivity contribution in [1.29, 1.82) is 0 Å². The van der Waals surface area contributed by atoms with Crippen molar-refractivity contribution in [2.75, 3.05) is 32.7 Å². The maximum Gasteiger partial charge on any atom is 0.210 e. The predicted octanol–water partition coefficient (Wildman–Crippen LogP) is 4.72. The Hall–Kier alpha value is -2.91. The number of thiazole rings is 1. The first-order valence-electron chi connectivity index (χ1n) is 12.8. The van der Waals surface area contributed by atoms with E-state index in [1.807, 2.05) is 24.4 Å². The van der Waals surface area contributed by atoms with Gasteiger partial charge in [-0.1, -0.05) is 49.5 Å². The number of nitrogens with zero attached hydrogens (tertiary/aromatic N) is 6. The van der Waals surface area contributed by atoms with Crippen LogP contribution in [0.25, 0.3) is 6.08 Å². The highest BCUT2D eigenvalue weighted by molar-refractivity contribution is 7.15. The molecule has 2 unspecified atom stereocenters. The second-order valence-electron chi connectivity index (χ2n) is 9.81. The molecule has 36 heavy (non-hydrogen) atoms. The first-order valence-corrected chi connectivity index (χ1v) is 13.6. The van der Waals surface area contributed by atoms with E-state index in [0.717, 1.165) is 68.1 Å². The van der Waals surface area contributed by atoms with Gasteiger partial charge in [0, 0.05) is 62.5 Å². The Morgan fingerprint density at radius 1 is 1.22 bits per heavy atom. The maximum atomic E-state index is 13.7. The molecule has 0 saturated carbocycles. The number of nitrogens with one attached hydrogen (secondary N) is 1. The summed E-state index contributed by atoms with van der Waals surface area (Å²) in [5.74, 6) is 1.92. The van der Waals surface area contributed by atoms with E-state index in [9.17, 15) is 4.39 Å². The van der Waals surface area contributed by atoms with Gasteiger partial charge in [-0.2, -0.15) is 0 Å². The van der Waals surface area contributed by atoms with Gasteiger partial charge in [0.1, 0.15) is 11.7 Å². The second kappa shape index (κ2) is 11.4. The fourth-order valence-corrected chi connectivity index (χ4v) is 5.57. The van der Waals surface area contributed by atoms with E-state index in [1.54, 1.807) is 17.4 Å². The van der Waals surface area contributed by atoms with Gasteiger partial charge in [-0.3, -0.25) is 9.89 Å². The number of piperazine rings is 1. The van der Waals surface area contributed by atoms with Crippen LogP contribution in [-0.4, -0.2) is 77.6 Å². The minimum atomic E-state index is -0.235. The van der Waals surface area contributed by atoms with Crippen molar-refractivity contribution in [3.63, 3.8) is 0 Å². The molecule has 1 aromatic carbocycles. The highest BCUT2D eigenvalue weighted by atomic mass is 32.1. The Morgan fingerprint density at radius 2 is 2.08 bits per heavy atom. The minimum absolute atomic E-state index is 0.0830. The molecule has 1 aromatic heterocycles. The molecule has 3 aliphatic rings. The van der Waals surface area contributed by atoms with Crippen molar-refractivity contribution in [1.82, 2.24) is 20.1 Å². The molecule has 0 radical (unpaired) electrons. The number of hydrogen-bond acceptors (Lipinski definition) is 7. The summed E-state index contributed by atoms with van der Waals surface area (Å²) in [6.45, 7) is 9.14. The van der Waals surface area contributed by atoms with E-state index >= 15 is 0 Å². The Kier molecular flexibility index (Phi) is 7.87. The monoisotopic (exact) mass is 507 g/mol. The first kappa shape index (κ1) is 24.8. The summed E-state index contributed by atoms with van der Waals surface area (Å²) in [5.41, 5.74) is 0.829. The van der Waals surface area contributed by atoms with Gasteiger partial charge in [-0.25, -0.2) is 19.4 Å². The van der Waals surface area contributed by atoms with E-state index in [4.69, 9.17) is 9.98 Å². The molecule has 4 heterocycles. The molecule has 0 aliphatic carbocycles. The summed E-state index contributed by atoms with van der Waals surface area (Å²) in [6.07, 6.45) is 10.8. The number of benzene rings is 1. The lowest BCUT2D eigenvalue weighted by molar-refractivity contribution is 0.127. The average Bonchev–Trinajstić information content (AvgIpc) is 3.37. The van der Waals surface area contributed by atoms with Crippen LogP contribution in [0.2, 0.25) is 0 Å². The summed E-state index contributed by atoms with van der Waals surface area (Å²) in [7, 11) is 0. The number of amidine groups is 1. The van der Waals surface area contributed by atoms with Gasteiger partial charge in [0.25, 0.3) is 0 Å². The van der Waals surface area contributed by atoms with E-state index in [0.29, 0.717) is 18.4 Å². The Bertz CT molecular complexity index is 1160. The van der Waals surface area contributed by atoms with Gasteiger partial charge in [-0.15, -0.1) is 0 Å². The van der Waals surface area contributed by atoms with E-state index in [-0.39, 0.29) is 11.9 Å².